The van der Waals surface area contributed by atoms with E-state index in [1.165, 1.54) is 6.07 Å². The van der Waals surface area contributed by atoms with Crippen LogP contribution in [0.4, 0.5) is 11.4 Å². The summed E-state index contributed by atoms with van der Waals surface area (Å²) in [6, 6.07) is 8.29. The highest BCUT2D eigenvalue weighted by Crippen LogP contribution is 2.33. The second kappa shape index (κ2) is 7.57. The summed E-state index contributed by atoms with van der Waals surface area (Å²) in [5, 5.41) is 7.93. The molecule has 116 valence electrons. The van der Waals surface area contributed by atoms with Crippen LogP contribution in [0.2, 0.25) is 20.1 Å². The Balaban J connectivity index is 2.17. The first-order valence-corrected chi connectivity index (χ1v) is 7.89. The number of methoxy groups -OCH3 is 1. The van der Waals surface area contributed by atoms with Crippen molar-refractivity contribution in [1.82, 2.24) is 0 Å². The topological polar surface area (TPSA) is 33.3 Å². The summed E-state index contributed by atoms with van der Waals surface area (Å²) < 4.78 is 5.24. The lowest BCUT2D eigenvalue weighted by Gasteiger charge is -2.15. The molecule has 22 heavy (non-hydrogen) atoms. The fourth-order valence-electron chi connectivity index (χ4n) is 1.67. The van der Waals surface area contributed by atoms with Crippen LogP contribution in [0.15, 0.2) is 30.3 Å². The standard InChI is InChI=1S/C14H10Cl4N2OS/c1-21-13-3-2-7(15)4-12(13)20-14(22)19-11-6-9(17)8(16)5-10(11)18/h2-6H,1H3,(H2,19,20,22). The number of halogens is 4. The molecule has 0 saturated carbocycles. The molecule has 2 aromatic rings. The molecule has 3 nitrogen and oxygen atoms in total. The van der Waals surface area contributed by atoms with Crippen molar-refractivity contribution in [3.8, 4) is 5.75 Å². The van der Waals surface area contributed by atoms with Crippen molar-refractivity contribution in [3.63, 3.8) is 0 Å². The smallest absolute Gasteiger partial charge is 0.175 e. The number of rotatable bonds is 3. The summed E-state index contributed by atoms with van der Waals surface area (Å²) in [4.78, 5) is 0. The Labute approximate surface area is 153 Å². The molecule has 0 aromatic heterocycles. The lowest BCUT2D eigenvalue weighted by Crippen LogP contribution is -2.19. The van der Waals surface area contributed by atoms with Gasteiger partial charge in [0.1, 0.15) is 5.75 Å². The lowest BCUT2D eigenvalue weighted by molar-refractivity contribution is 0.417. The van der Waals surface area contributed by atoms with Crippen LogP contribution in [0.1, 0.15) is 0 Å². The van der Waals surface area contributed by atoms with Crippen LogP contribution < -0.4 is 15.4 Å². The molecule has 0 radical (unpaired) electrons. The van der Waals surface area contributed by atoms with Gasteiger partial charge in [0.2, 0.25) is 0 Å². The van der Waals surface area contributed by atoms with Gasteiger partial charge in [-0.2, -0.15) is 0 Å². The minimum atomic E-state index is 0.306. The predicted octanol–water partition coefficient (Wildman–Crippen LogP) is 6.12. The molecule has 0 amide bonds. The molecule has 0 atom stereocenters. The zero-order valence-corrected chi connectivity index (χ0v) is 15.1. The van der Waals surface area contributed by atoms with Crippen molar-refractivity contribution in [3.05, 3.63) is 50.4 Å². The Bertz CT molecular complexity index is 724. The molecule has 0 aliphatic heterocycles. The summed E-state index contributed by atoms with van der Waals surface area (Å²) >= 11 is 29.2. The Hall–Kier alpha value is -0.910. The minimum absolute atomic E-state index is 0.306. The SMILES string of the molecule is COc1ccc(Cl)cc1NC(=S)Nc1cc(Cl)c(Cl)cc1Cl. The van der Waals surface area contributed by atoms with Gasteiger partial charge in [-0.3, -0.25) is 0 Å². The maximum absolute atomic E-state index is 6.09. The molecular weight excluding hydrogens is 386 g/mol. The van der Waals surface area contributed by atoms with Crippen molar-refractivity contribution in [2.24, 2.45) is 0 Å². The van der Waals surface area contributed by atoms with E-state index in [2.05, 4.69) is 10.6 Å². The Morgan fingerprint density at radius 3 is 2.23 bits per heavy atom. The van der Waals surface area contributed by atoms with E-state index in [4.69, 9.17) is 63.4 Å². The summed E-state index contributed by atoms with van der Waals surface area (Å²) in [6.07, 6.45) is 0. The van der Waals surface area contributed by atoms with E-state index in [9.17, 15) is 0 Å². The van der Waals surface area contributed by atoms with E-state index in [-0.39, 0.29) is 0 Å². The Morgan fingerprint density at radius 1 is 0.909 bits per heavy atom. The van der Waals surface area contributed by atoms with Crippen LogP contribution in [0.3, 0.4) is 0 Å². The van der Waals surface area contributed by atoms with Gasteiger partial charge in [0, 0.05) is 5.02 Å². The Kier molecular flexibility index (Phi) is 6.01. The van der Waals surface area contributed by atoms with E-state index < -0.39 is 0 Å². The summed E-state index contributed by atoms with van der Waals surface area (Å²) in [5.41, 5.74) is 1.17. The van der Waals surface area contributed by atoms with Gasteiger partial charge in [-0.05, 0) is 42.5 Å². The third kappa shape index (κ3) is 4.31. The quantitative estimate of drug-likeness (QED) is 0.484. The third-order valence-electron chi connectivity index (χ3n) is 2.67. The lowest BCUT2D eigenvalue weighted by atomic mass is 10.3. The summed E-state index contributed by atoms with van der Waals surface area (Å²) in [6.45, 7) is 0. The van der Waals surface area contributed by atoms with Crippen molar-refractivity contribution >= 4 is 75.1 Å². The van der Waals surface area contributed by atoms with Crippen LogP contribution in [0.5, 0.6) is 5.75 Å². The van der Waals surface area contributed by atoms with E-state index in [1.807, 2.05) is 0 Å². The number of thiocarbonyl (C=S) groups is 1. The Morgan fingerprint density at radius 2 is 1.55 bits per heavy atom. The van der Waals surface area contributed by atoms with Crippen molar-refractivity contribution in [2.45, 2.75) is 0 Å². The fourth-order valence-corrected chi connectivity index (χ4v) is 2.66. The molecule has 2 N–H and O–H groups in total. The zero-order valence-electron chi connectivity index (χ0n) is 11.2. The average Bonchev–Trinajstić information content (AvgIpc) is 2.45. The van der Waals surface area contributed by atoms with E-state index >= 15 is 0 Å². The highest BCUT2D eigenvalue weighted by molar-refractivity contribution is 7.80. The molecule has 2 aromatic carbocycles. The number of ether oxygens (including phenoxy) is 1. The van der Waals surface area contributed by atoms with E-state index in [1.54, 1.807) is 31.4 Å². The molecule has 0 aliphatic carbocycles. The second-order valence-electron chi connectivity index (χ2n) is 4.17. The van der Waals surface area contributed by atoms with Gasteiger partial charge in [0.05, 0.1) is 33.6 Å². The van der Waals surface area contributed by atoms with Gasteiger partial charge >= 0.3 is 0 Å². The number of hydrogen-bond donors (Lipinski definition) is 2. The van der Waals surface area contributed by atoms with Gasteiger partial charge in [-0.25, -0.2) is 0 Å². The molecule has 0 aliphatic rings. The van der Waals surface area contributed by atoms with Gasteiger partial charge in [-0.15, -0.1) is 0 Å². The van der Waals surface area contributed by atoms with Crippen LogP contribution in [0.25, 0.3) is 0 Å². The molecule has 0 heterocycles. The molecule has 0 bridgehead atoms. The van der Waals surface area contributed by atoms with E-state index in [0.29, 0.717) is 42.3 Å². The third-order valence-corrected chi connectivity index (χ3v) is 4.14. The second-order valence-corrected chi connectivity index (χ2v) is 6.24. The van der Waals surface area contributed by atoms with Crippen LogP contribution in [-0.2, 0) is 0 Å². The maximum Gasteiger partial charge on any atom is 0.175 e. The number of hydrogen-bond acceptors (Lipinski definition) is 2. The average molecular weight is 396 g/mol. The van der Waals surface area contributed by atoms with Crippen LogP contribution >= 0.6 is 58.6 Å². The number of anilines is 2. The highest BCUT2D eigenvalue weighted by atomic mass is 35.5. The minimum Gasteiger partial charge on any atom is -0.495 e. The molecule has 2 rings (SSSR count). The normalized spacial score (nSPS) is 10.2. The van der Waals surface area contributed by atoms with Crippen molar-refractivity contribution < 1.29 is 4.74 Å². The number of benzene rings is 2. The van der Waals surface area contributed by atoms with Gasteiger partial charge in [-0.1, -0.05) is 46.4 Å². The molecule has 0 unspecified atom stereocenters. The molecule has 8 heteroatoms. The predicted molar refractivity (Wildman–Crippen MR) is 99.3 cm³/mol. The highest BCUT2D eigenvalue weighted by Gasteiger charge is 2.10. The van der Waals surface area contributed by atoms with Gasteiger partial charge in [0.15, 0.2) is 5.11 Å². The summed E-state index contributed by atoms with van der Waals surface area (Å²) in [7, 11) is 1.56. The monoisotopic (exact) mass is 394 g/mol. The van der Waals surface area contributed by atoms with Crippen LogP contribution in [-0.4, -0.2) is 12.2 Å². The van der Waals surface area contributed by atoms with E-state index in [0.717, 1.165) is 0 Å². The first kappa shape index (κ1) is 17.4. The van der Waals surface area contributed by atoms with Crippen molar-refractivity contribution in [2.75, 3.05) is 17.7 Å². The first-order valence-electron chi connectivity index (χ1n) is 5.97. The fraction of sp³-hybridized carbons (Fsp3) is 0.0714. The summed E-state index contributed by atoms with van der Waals surface area (Å²) in [5.74, 6) is 0.605. The largest absolute Gasteiger partial charge is 0.495 e. The molecular formula is C14H10Cl4N2OS. The maximum atomic E-state index is 6.09. The van der Waals surface area contributed by atoms with Crippen LogP contribution in [0, 0.1) is 0 Å². The van der Waals surface area contributed by atoms with Gasteiger partial charge < -0.3 is 15.4 Å². The van der Waals surface area contributed by atoms with Crippen molar-refractivity contribution in [1.29, 1.82) is 0 Å². The van der Waals surface area contributed by atoms with Gasteiger partial charge in [0.25, 0.3) is 0 Å². The molecule has 0 saturated heterocycles. The number of nitrogens with one attached hydrogen (secondary N) is 2. The molecule has 0 spiro atoms. The zero-order chi connectivity index (χ0) is 16.3. The first-order chi connectivity index (χ1) is 10.4. The molecule has 0 fully saturated rings.